The van der Waals surface area contributed by atoms with E-state index in [0.29, 0.717) is 0 Å². The lowest BCUT2D eigenvalue weighted by Crippen LogP contribution is -2.32. The summed E-state index contributed by atoms with van der Waals surface area (Å²) < 4.78 is 0. The number of nitro groups is 2. The van der Waals surface area contributed by atoms with Gasteiger partial charge in [0.15, 0.2) is 10.1 Å². The van der Waals surface area contributed by atoms with Crippen molar-refractivity contribution in [1.82, 2.24) is 10.0 Å². The third-order valence-corrected chi connectivity index (χ3v) is 4.66. The lowest BCUT2D eigenvalue weighted by atomic mass is 10.1. The second-order valence-corrected chi connectivity index (χ2v) is 8.49. The van der Waals surface area contributed by atoms with Crippen molar-refractivity contribution >= 4 is 0 Å². The van der Waals surface area contributed by atoms with Crippen LogP contribution in [0.1, 0.15) is 67.2 Å². The van der Waals surface area contributed by atoms with Gasteiger partial charge in [0.05, 0.1) is 26.3 Å². The van der Waals surface area contributed by atoms with Gasteiger partial charge < -0.3 is 10.2 Å². The molecule has 0 aliphatic heterocycles. The van der Waals surface area contributed by atoms with Gasteiger partial charge in [-0.2, -0.15) is 0 Å². The van der Waals surface area contributed by atoms with Gasteiger partial charge in [-0.15, -0.1) is 10.0 Å². The molecule has 0 unspecified atom stereocenters. The van der Waals surface area contributed by atoms with Crippen molar-refractivity contribution in [1.29, 1.82) is 0 Å². The second kappa shape index (κ2) is 20.9. The summed E-state index contributed by atoms with van der Waals surface area (Å²) in [5.41, 5.74) is 4.83. The van der Waals surface area contributed by atoms with Gasteiger partial charge in [0, 0.05) is 0 Å². The highest BCUT2D eigenvalue weighted by Gasteiger charge is 2.11. The normalized spacial score (nSPS) is 11.2. The lowest BCUT2D eigenvalue weighted by Gasteiger charge is -2.10. The number of aliphatic hydroxyl groups excluding tert-OH is 2. The van der Waals surface area contributed by atoms with E-state index in [9.17, 15) is 20.2 Å². The summed E-state index contributed by atoms with van der Waals surface area (Å²) in [6.45, 7) is 12.3. The van der Waals surface area contributed by atoms with Gasteiger partial charge in [-0.3, -0.25) is 0 Å². The first kappa shape index (κ1) is 33.5. The van der Waals surface area contributed by atoms with Crippen LogP contribution in [0.2, 0.25) is 0 Å². The predicted octanol–water partition coefficient (Wildman–Crippen LogP) is 4.33. The highest BCUT2D eigenvalue weighted by Crippen LogP contribution is 2.08. The Morgan fingerprint density at radius 2 is 1.00 bits per heavy atom. The number of allylic oxidation sites excluding steroid dienone is 6. The van der Waals surface area contributed by atoms with Crippen molar-refractivity contribution in [3.8, 4) is 0 Å². The van der Waals surface area contributed by atoms with Gasteiger partial charge in [0.1, 0.15) is 13.1 Å². The third kappa shape index (κ3) is 21.1. The van der Waals surface area contributed by atoms with E-state index >= 15 is 0 Å². The highest BCUT2D eigenvalue weighted by atomic mass is 16.7. The standard InChI is InChI=1S/2C12H22N2O3/c2*1-11(2)5-4-6-12(3)7-8-13(9-10-15)14(16)17/h2*5,7,15H,4,6,8-10H2,1-3H3/b12-7+;12-7-. The van der Waals surface area contributed by atoms with Crippen molar-refractivity contribution in [2.75, 3.05) is 39.4 Å². The summed E-state index contributed by atoms with van der Waals surface area (Å²) in [6.07, 6.45) is 11.7. The molecule has 0 bridgehead atoms. The van der Waals surface area contributed by atoms with E-state index in [0.717, 1.165) is 46.8 Å². The SMILES string of the molecule is CC(C)=CCC/C(C)=C/CN(CCO)[N+](=O)[O-].CC(C)=CCC/C(C)=C\CN(CCO)[N+](=O)[O-]. The van der Waals surface area contributed by atoms with Crippen molar-refractivity contribution in [2.45, 2.75) is 67.2 Å². The summed E-state index contributed by atoms with van der Waals surface area (Å²) in [4.78, 5) is 21.2. The third-order valence-electron chi connectivity index (χ3n) is 4.66. The molecule has 0 fully saturated rings. The smallest absolute Gasteiger partial charge is 0.160 e. The summed E-state index contributed by atoms with van der Waals surface area (Å²) in [5.74, 6) is 0. The zero-order valence-electron chi connectivity index (χ0n) is 21.7. The van der Waals surface area contributed by atoms with Crippen LogP contribution in [0.5, 0.6) is 0 Å². The number of hydrogen-bond donors (Lipinski definition) is 2. The Hall–Kier alpha value is -2.72. The lowest BCUT2D eigenvalue weighted by molar-refractivity contribution is -0.653. The predicted molar refractivity (Wildman–Crippen MR) is 136 cm³/mol. The maximum absolute atomic E-state index is 10.6. The first-order valence-electron chi connectivity index (χ1n) is 11.5. The van der Waals surface area contributed by atoms with E-state index < -0.39 is 10.1 Å². The van der Waals surface area contributed by atoms with Gasteiger partial charge in [0.2, 0.25) is 0 Å². The molecule has 0 aliphatic carbocycles. The Morgan fingerprint density at radius 3 is 1.24 bits per heavy atom. The van der Waals surface area contributed by atoms with Crippen molar-refractivity contribution in [2.24, 2.45) is 0 Å². The summed E-state index contributed by atoms with van der Waals surface area (Å²) in [7, 11) is 0. The molecule has 0 saturated carbocycles. The molecule has 0 rings (SSSR count). The molecule has 196 valence electrons. The second-order valence-electron chi connectivity index (χ2n) is 8.49. The molecule has 0 heterocycles. The molecule has 0 radical (unpaired) electrons. The topological polar surface area (TPSA) is 133 Å². The van der Waals surface area contributed by atoms with Crippen LogP contribution in [0.4, 0.5) is 0 Å². The fourth-order valence-corrected chi connectivity index (χ4v) is 2.61. The fraction of sp³-hybridized carbons (Fsp3) is 0.667. The molecule has 10 nitrogen and oxygen atoms in total. The molecule has 0 spiro atoms. The number of hydrazine groups is 2. The molecule has 10 heteroatoms. The molecule has 0 aromatic carbocycles. The maximum atomic E-state index is 10.6. The Morgan fingerprint density at radius 1 is 0.676 bits per heavy atom. The zero-order valence-corrected chi connectivity index (χ0v) is 21.7. The van der Waals surface area contributed by atoms with Crippen molar-refractivity contribution in [3.05, 3.63) is 66.8 Å². The monoisotopic (exact) mass is 484 g/mol. The van der Waals surface area contributed by atoms with Crippen molar-refractivity contribution < 1.29 is 20.3 Å². The average Bonchev–Trinajstić information content (AvgIpc) is 2.73. The first-order chi connectivity index (χ1) is 15.9. The molecule has 0 saturated heterocycles. The van der Waals surface area contributed by atoms with E-state index in [4.69, 9.17) is 10.2 Å². The van der Waals surface area contributed by atoms with E-state index in [1.54, 1.807) is 0 Å². The highest BCUT2D eigenvalue weighted by molar-refractivity contribution is 5.03. The molecular formula is C24H44N4O6. The Bertz CT molecular complexity index is 648. The molecule has 0 aromatic heterocycles. The van der Waals surface area contributed by atoms with Crippen LogP contribution in [0.15, 0.2) is 46.6 Å². The van der Waals surface area contributed by atoms with Crippen molar-refractivity contribution in [3.63, 3.8) is 0 Å². The van der Waals surface area contributed by atoms with Crippen LogP contribution in [-0.4, -0.2) is 69.7 Å². The van der Waals surface area contributed by atoms with Gasteiger partial charge >= 0.3 is 0 Å². The van der Waals surface area contributed by atoms with Gasteiger partial charge in [-0.05, 0) is 67.2 Å². The van der Waals surface area contributed by atoms with E-state index in [-0.39, 0.29) is 39.4 Å². The molecule has 0 aliphatic rings. The van der Waals surface area contributed by atoms with Gasteiger partial charge in [0.25, 0.3) is 0 Å². The van der Waals surface area contributed by atoms with E-state index in [1.807, 2.05) is 26.0 Å². The van der Waals surface area contributed by atoms with Crippen LogP contribution in [-0.2, 0) is 0 Å². The minimum atomic E-state index is -0.476. The minimum absolute atomic E-state index is 0.0603. The van der Waals surface area contributed by atoms with Crippen LogP contribution in [0.3, 0.4) is 0 Å². The largest absolute Gasteiger partial charge is 0.394 e. The zero-order chi connectivity index (χ0) is 26.5. The van der Waals surface area contributed by atoms with E-state index in [2.05, 4.69) is 39.8 Å². The van der Waals surface area contributed by atoms with Crippen LogP contribution >= 0.6 is 0 Å². The number of hydrogen-bond acceptors (Lipinski definition) is 6. The quantitative estimate of drug-likeness (QED) is 0.188. The van der Waals surface area contributed by atoms with Gasteiger partial charge in [-0.1, -0.05) is 46.6 Å². The van der Waals surface area contributed by atoms with Gasteiger partial charge in [-0.25, -0.2) is 20.2 Å². The Balaban J connectivity index is 0. The first-order valence-corrected chi connectivity index (χ1v) is 11.5. The maximum Gasteiger partial charge on any atom is 0.160 e. The number of aliphatic hydroxyl groups is 2. The molecular weight excluding hydrogens is 440 g/mol. The number of rotatable bonds is 16. The molecule has 0 aromatic rings. The van der Waals surface area contributed by atoms with Crippen LogP contribution < -0.4 is 0 Å². The summed E-state index contributed by atoms with van der Waals surface area (Å²) >= 11 is 0. The molecule has 0 amide bonds. The molecule has 2 N–H and O–H groups in total. The average molecular weight is 485 g/mol. The minimum Gasteiger partial charge on any atom is -0.394 e. The summed E-state index contributed by atoms with van der Waals surface area (Å²) in [5, 5.41) is 39.6. The van der Waals surface area contributed by atoms with E-state index in [1.165, 1.54) is 11.1 Å². The van der Waals surface area contributed by atoms with Crippen LogP contribution in [0, 0.1) is 20.2 Å². The number of nitrogens with zero attached hydrogens (tertiary/aromatic N) is 4. The molecule has 0 atom stereocenters. The summed E-state index contributed by atoms with van der Waals surface area (Å²) in [6, 6.07) is 0. The molecule has 34 heavy (non-hydrogen) atoms. The van der Waals surface area contributed by atoms with Crippen LogP contribution in [0.25, 0.3) is 0 Å². The Labute approximate surface area is 204 Å². The Kier molecular flexibility index (Phi) is 20.5. The fourth-order valence-electron chi connectivity index (χ4n) is 2.61.